The molecule has 0 aromatic rings. The van der Waals surface area contributed by atoms with E-state index in [4.69, 9.17) is 33.2 Å². The summed E-state index contributed by atoms with van der Waals surface area (Å²) in [7, 11) is 0. The number of hydrogen-bond acceptors (Lipinski definition) is 19. The number of fused-ring (bicyclic) bond motifs is 7. The van der Waals surface area contributed by atoms with E-state index >= 15 is 0 Å². The van der Waals surface area contributed by atoms with Crippen molar-refractivity contribution in [3.05, 3.63) is 0 Å². The maximum absolute atomic E-state index is 12.1. The highest BCUT2D eigenvalue weighted by Gasteiger charge is 2.68. The van der Waals surface area contributed by atoms with Gasteiger partial charge in [0.1, 0.15) is 73.2 Å². The summed E-state index contributed by atoms with van der Waals surface area (Å²) in [5.74, 6) is 0.532. The summed E-state index contributed by atoms with van der Waals surface area (Å²) in [4.78, 5) is 0. The van der Waals surface area contributed by atoms with E-state index in [1.165, 1.54) is 0 Å². The van der Waals surface area contributed by atoms with E-state index in [9.17, 15) is 61.3 Å². The van der Waals surface area contributed by atoms with Gasteiger partial charge in [0, 0.05) is 12.3 Å². The molecule has 19 nitrogen and oxygen atoms in total. The van der Waals surface area contributed by atoms with Gasteiger partial charge in [0.15, 0.2) is 24.7 Å². The third kappa shape index (κ3) is 8.65. The first-order valence-electron chi connectivity index (χ1n) is 23.9. The Bertz CT molecular complexity index is 1560. The second-order valence-electron chi connectivity index (χ2n) is 21.5. The second-order valence-corrected chi connectivity index (χ2v) is 21.5. The van der Waals surface area contributed by atoms with Gasteiger partial charge in [-0.25, -0.2) is 0 Å². The van der Waals surface area contributed by atoms with E-state index in [1.54, 1.807) is 0 Å². The van der Waals surface area contributed by atoms with Gasteiger partial charge in [-0.1, -0.05) is 27.7 Å². The summed E-state index contributed by atoms with van der Waals surface area (Å²) in [6, 6.07) is 0. The fraction of sp³-hybridized carbons (Fsp3) is 1.00. The quantitative estimate of drug-likeness (QED) is 0.0909. The Kier molecular flexibility index (Phi) is 14.9. The fourth-order valence-corrected chi connectivity index (χ4v) is 14.2. The SMILES string of the molecule is CC(CCC1(O)OC2CC3C4CCC5CC(OC6OC(CO)C(O)C(O)C6OC6OC(CO)C(O)C(O)C6O)CC[C@]5(C)C4CC[C@]3(C)C2C1C)COC1OC(CO)C(O)C(O)C1O. The lowest BCUT2D eigenvalue weighted by atomic mass is 9.44. The summed E-state index contributed by atoms with van der Waals surface area (Å²) in [5, 5.41) is 125. The van der Waals surface area contributed by atoms with Crippen LogP contribution in [0.3, 0.4) is 0 Å². The van der Waals surface area contributed by atoms with Crippen LogP contribution in [0.15, 0.2) is 0 Å². The average molecular weight is 921 g/mol. The Morgan fingerprint density at radius 1 is 0.625 bits per heavy atom. The topological polar surface area (TPSA) is 307 Å². The Labute approximate surface area is 374 Å². The first kappa shape index (κ1) is 49.7. The van der Waals surface area contributed by atoms with Crippen LogP contribution in [-0.2, 0) is 33.2 Å². The highest BCUT2D eigenvalue weighted by molar-refractivity contribution is 5.15. The molecule has 4 aliphatic heterocycles. The van der Waals surface area contributed by atoms with Crippen LogP contribution < -0.4 is 0 Å². The number of hydrogen-bond donors (Lipinski definition) is 12. The van der Waals surface area contributed by atoms with Crippen molar-refractivity contribution in [2.45, 2.75) is 202 Å². The van der Waals surface area contributed by atoms with E-state index in [1.807, 2.05) is 6.92 Å². The summed E-state index contributed by atoms with van der Waals surface area (Å²) in [6.07, 6.45) is -13.7. The van der Waals surface area contributed by atoms with E-state index in [-0.39, 0.29) is 47.4 Å². The molecule has 64 heavy (non-hydrogen) atoms. The maximum atomic E-state index is 12.1. The smallest absolute Gasteiger partial charge is 0.187 e. The van der Waals surface area contributed by atoms with Crippen molar-refractivity contribution in [2.75, 3.05) is 26.4 Å². The summed E-state index contributed by atoms with van der Waals surface area (Å²) in [6.45, 7) is 7.28. The molecule has 19 heteroatoms. The Hall–Kier alpha value is -0.760. The highest BCUT2D eigenvalue weighted by atomic mass is 16.8. The van der Waals surface area contributed by atoms with Crippen LogP contribution in [0.2, 0.25) is 0 Å². The molecule has 0 spiro atoms. The molecular weight excluding hydrogens is 844 g/mol. The molecule has 8 fully saturated rings. The van der Waals surface area contributed by atoms with Crippen molar-refractivity contribution >= 4 is 0 Å². The molecule has 4 heterocycles. The number of rotatable bonds is 13. The van der Waals surface area contributed by atoms with Gasteiger partial charge in [-0.05, 0) is 104 Å². The predicted molar refractivity (Wildman–Crippen MR) is 219 cm³/mol. The zero-order chi connectivity index (χ0) is 46.2. The largest absolute Gasteiger partial charge is 0.394 e. The molecule has 0 amide bonds. The van der Waals surface area contributed by atoms with Gasteiger partial charge >= 0.3 is 0 Å². The average Bonchev–Trinajstić information content (AvgIpc) is 3.71. The molecule has 12 N–H and O–H groups in total. The molecule has 8 rings (SSSR count). The van der Waals surface area contributed by atoms with Gasteiger partial charge < -0.3 is 94.4 Å². The van der Waals surface area contributed by atoms with Crippen LogP contribution in [0.25, 0.3) is 0 Å². The van der Waals surface area contributed by atoms with Crippen LogP contribution >= 0.6 is 0 Å². The van der Waals surface area contributed by atoms with Crippen molar-refractivity contribution in [1.29, 1.82) is 0 Å². The molecule has 25 unspecified atom stereocenters. The van der Waals surface area contributed by atoms with Crippen LogP contribution in [-0.4, -0.2) is 198 Å². The van der Waals surface area contributed by atoms with Crippen molar-refractivity contribution in [1.82, 2.24) is 0 Å². The van der Waals surface area contributed by atoms with Crippen molar-refractivity contribution in [3.8, 4) is 0 Å². The van der Waals surface area contributed by atoms with Crippen molar-refractivity contribution in [3.63, 3.8) is 0 Å². The number of aliphatic hydroxyl groups excluding tert-OH is 11. The maximum Gasteiger partial charge on any atom is 0.187 e. The monoisotopic (exact) mass is 920 g/mol. The molecule has 4 saturated heterocycles. The molecule has 0 aromatic carbocycles. The van der Waals surface area contributed by atoms with Crippen LogP contribution in [0.1, 0.15) is 91.9 Å². The van der Waals surface area contributed by atoms with E-state index in [0.29, 0.717) is 42.9 Å². The lowest BCUT2D eigenvalue weighted by Crippen LogP contribution is -2.65. The fourth-order valence-electron chi connectivity index (χ4n) is 14.2. The third-order valence-corrected chi connectivity index (χ3v) is 18.0. The first-order chi connectivity index (χ1) is 30.3. The zero-order valence-electron chi connectivity index (χ0n) is 37.5. The lowest BCUT2D eigenvalue weighted by molar-refractivity contribution is -0.373. The minimum Gasteiger partial charge on any atom is -0.394 e. The van der Waals surface area contributed by atoms with Crippen LogP contribution in [0, 0.1) is 52.3 Å². The summed E-state index contributed by atoms with van der Waals surface area (Å²) < 4.78 is 42.0. The zero-order valence-corrected chi connectivity index (χ0v) is 37.5. The van der Waals surface area contributed by atoms with E-state index in [0.717, 1.165) is 44.9 Å². The minimum absolute atomic E-state index is 0.00000712. The molecule has 370 valence electrons. The number of aliphatic hydroxyl groups is 12. The summed E-state index contributed by atoms with van der Waals surface area (Å²) in [5.41, 5.74) is 0.0475. The molecular formula is C45H76O19. The van der Waals surface area contributed by atoms with Crippen LogP contribution in [0.5, 0.6) is 0 Å². The molecule has 4 saturated carbocycles. The van der Waals surface area contributed by atoms with Gasteiger partial charge in [0.25, 0.3) is 0 Å². The molecule has 0 bridgehead atoms. The third-order valence-electron chi connectivity index (χ3n) is 18.0. The van der Waals surface area contributed by atoms with Gasteiger partial charge in [0.05, 0.1) is 38.6 Å². The van der Waals surface area contributed by atoms with Gasteiger partial charge in [-0.2, -0.15) is 0 Å². The van der Waals surface area contributed by atoms with E-state index < -0.39 is 118 Å². The Morgan fingerprint density at radius 3 is 1.84 bits per heavy atom. The van der Waals surface area contributed by atoms with Crippen molar-refractivity contribution < 1.29 is 94.4 Å². The first-order valence-corrected chi connectivity index (χ1v) is 23.9. The van der Waals surface area contributed by atoms with Crippen LogP contribution in [0.4, 0.5) is 0 Å². The molecule has 0 aromatic heterocycles. The van der Waals surface area contributed by atoms with E-state index in [2.05, 4.69) is 20.8 Å². The molecule has 8 aliphatic rings. The summed E-state index contributed by atoms with van der Waals surface area (Å²) >= 11 is 0. The van der Waals surface area contributed by atoms with Gasteiger partial charge in [-0.3, -0.25) is 0 Å². The van der Waals surface area contributed by atoms with Gasteiger partial charge in [-0.15, -0.1) is 0 Å². The lowest BCUT2D eigenvalue weighted by Gasteiger charge is -2.61. The normalized spacial score (nSPS) is 55.6. The Morgan fingerprint density at radius 2 is 1.20 bits per heavy atom. The molecule has 0 radical (unpaired) electrons. The minimum atomic E-state index is -1.75. The molecule has 27 atom stereocenters. The second kappa shape index (κ2) is 19.2. The highest BCUT2D eigenvalue weighted by Crippen LogP contribution is 2.71. The van der Waals surface area contributed by atoms with Gasteiger partial charge in [0.2, 0.25) is 0 Å². The number of ether oxygens (including phenoxy) is 7. The predicted octanol–water partition coefficient (Wildman–Crippen LogP) is -1.78. The molecule has 4 aliphatic carbocycles. The standard InChI is InChI=1S/C45H76O19/c1-19(18-58-40-37(55)34(52)31(49)27(15-46)60-40)7-12-45(57)20(2)30-26(64-45)14-25-23-6-5-21-13-22(8-10-43(21,3)24(23)9-11-44(25,30)4)59-42-39(36(54)33(51)29(17-48)62-42)63-41-38(56)35(53)32(50)28(16-47)61-41/h19-42,46-57H,5-18H2,1-4H3/t19?,20?,21?,22?,23?,24?,25?,26?,27?,28?,29?,30?,31?,32?,33?,34?,35?,36?,37?,38?,39?,40?,41?,42?,43-,44-,45?/m0/s1. The Balaban J connectivity index is 0.869. The van der Waals surface area contributed by atoms with Crippen molar-refractivity contribution in [2.24, 2.45) is 52.3 Å².